The number of nitrogens with zero attached hydrogens (tertiary/aromatic N) is 3. The molecule has 2 aromatic heterocycles. The number of hydrogen-bond acceptors (Lipinski definition) is 6. The Morgan fingerprint density at radius 3 is 2.69 bits per heavy atom. The van der Waals surface area contributed by atoms with Gasteiger partial charge in [-0.25, -0.2) is 9.97 Å². The van der Waals surface area contributed by atoms with Crippen LogP contribution in [0.1, 0.15) is 42.5 Å². The summed E-state index contributed by atoms with van der Waals surface area (Å²) in [4.78, 5) is 49.0. The topological polar surface area (TPSA) is 104 Å². The van der Waals surface area contributed by atoms with E-state index in [2.05, 4.69) is 20.6 Å². The number of carbonyl (C=O) groups is 3. The van der Waals surface area contributed by atoms with Crippen molar-refractivity contribution in [2.75, 3.05) is 17.2 Å². The molecule has 0 saturated carbocycles. The van der Waals surface area contributed by atoms with Crippen LogP contribution in [-0.2, 0) is 39.2 Å². The van der Waals surface area contributed by atoms with Gasteiger partial charge in [0.05, 0.1) is 12.0 Å². The minimum Gasteiger partial charge on any atom is -0.326 e. The standard InChI is InChI=1S/C26H27N5O3S/c1-25(2,3)24(34)31(15-21-27-9-10-35-21)14-20(32)29-18-7-6-16-12-26(13-17(16)11-18)19-5-4-8-28-22(19)30-23(26)33/h4-11H,12-15H2,1-3H3,(H,29,32)(H,28,30,33). The molecular weight excluding hydrogens is 462 g/mol. The molecule has 9 heteroatoms. The number of nitrogens with one attached hydrogen (secondary N) is 2. The molecule has 2 aliphatic rings. The zero-order valence-corrected chi connectivity index (χ0v) is 20.7. The van der Waals surface area contributed by atoms with Gasteiger partial charge >= 0.3 is 0 Å². The molecule has 1 spiro atoms. The molecule has 1 aliphatic heterocycles. The number of amides is 3. The average molecular weight is 490 g/mol. The van der Waals surface area contributed by atoms with Gasteiger partial charge in [-0.15, -0.1) is 11.3 Å². The maximum absolute atomic E-state index is 13.0. The van der Waals surface area contributed by atoms with E-state index in [1.54, 1.807) is 17.3 Å². The molecule has 3 aromatic rings. The summed E-state index contributed by atoms with van der Waals surface area (Å²) in [5, 5.41) is 8.48. The van der Waals surface area contributed by atoms with Crippen LogP contribution in [0.3, 0.4) is 0 Å². The Balaban J connectivity index is 1.31. The van der Waals surface area contributed by atoms with Crippen molar-refractivity contribution in [1.82, 2.24) is 14.9 Å². The van der Waals surface area contributed by atoms with Gasteiger partial charge in [-0.2, -0.15) is 0 Å². The number of benzene rings is 1. The van der Waals surface area contributed by atoms with Crippen LogP contribution in [0, 0.1) is 5.41 Å². The van der Waals surface area contributed by atoms with Gasteiger partial charge in [-0.05, 0) is 42.2 Å². The van der Waals surface area contributed by atoms with Gasteiger partial charge in [0.15, 0.2) is 0 Å². The fraction of sp³-hybridized carbons (Fsp3) is 0.346. The van der Waals surface area contributed by atoms with E-state index < -0.39 is 10.8 Å². The number of aromatic nitrogens is 2. The molecule has 0 radical (unpaired) electrons. The number of rotatable bonds is 5. The number of pyridine rings is 1. The maximum Gasteiger partial charge on any atom is 0.244 e. The van der Waals surface area contributed by atoms with Gasteiger partial charge in [-0.3, -0.25) is 14.4 Å². The van der Waals surface area contributed by atoms with Crippen molar-refractivity contribution < 1.29 is 14.4 Å². The molecule has 3 heterocycles. The number of fused-ring (bicyclic) bond motifs is 3. The minimum atomic E-state index is -0.655. The molecular formula is C26H27N5O3S. The van der Waals surface area contributed by atoms with Crippen molar-refractivity contribution in [2.45, 2.75) is 45.6 Å². The Kier molecular flexibility index (Phi) is 5.67. The van der Waals surface area contributed by atoms with Crippen LogP contribution in [0.25, 0.3) is 0 Å². The van der Waals surface area contributed by atoms with Gasteiger partial charge in [-0.1, -0.05) is 32.9 Å². The van der Waals surface area contributed by atoms with Crippen LogP contribution in [0.2, 0.25) is 0 Å². The second-order valence-corrected chi connectivity index (χ2v) is 11.1. The largest absolute Gasteiger partial charge is 0.326 e. The van der Waals surface area contributed by atoms with Gasteiger partial charge in [0.25, 0.3) is 0 Å². The highest BCUT2D eigenvalue weighted by Crippen LogP contribution is 2.46. The quantitative estimate of drug-likeness (QED) is 0.571. The van der Waals surface area contributed by atoms with Crippen LogP contribution in [-0.4, -0.2) is 39.1 Å². The van der Waals surface area contributed by atoms with Crippen molar-refractivity contribution in [3.05, 3.63) is 69.8 Å². The van der Waals surface area contributed by atoms with Crippen LogP contribution in [0.5, 0.6) is 0 Å². The zero-order valence-electron chi connectivity index (χ0n) is 19.9. The summed E-state index contributed by atoms with van der Waals surface area (Å²) < 4.78 is 0. The van der Waals surface area contributed by atoms with E-state index in [9.17, 15) is 14.4 Å². The zero-order chi connectivity index (χ0) is 24.8. The molecule has 5 rings (SSSR count). The van der Waals surface area contributed by atoms with E-state index in [1.807, 2.05) is 56.5 Å². The van der Waals surface area contributed by atoms with E-state index in [0.717, 1.165) is 21.7 Å². The normalized spacial score (nSPS) is 18.2. The highest BCUT2D eigenvalue weighted by Gasteiger charge is 2.51. The molecule has 0 bridgehead atoms. The predicted molar refractivity (Wildman–Crippen MR) is 134 cm³/mol. The number of anilines is 2. The van der Waals surface area contributed by atoms with Crippen LogP contribution in [0.4, 0.5) is 11.5 Å². The fourth-order valence-corrected chi connectivity index (χ4v) is 5.52. The molecule has 35 heavy (non-hydrogen) atoms. The van der Waals surface area contributed by atoms with Crippen molar-refractivity contribution in [3.63, 3.8) is 0 Å². The van der Waals surface area contributed by atoms with E-state index in [1.165, 1.54) is 11.3 Å². The maximum atomic E-state index is 13.0. The van der Waals surface area contributed by atoms with Crippen LogP contribution in [0.15, 0.2) is 48.1 Å². The molecule has 0 fully saturated rings. The van der Waals surface area contributed by atoms with Crippen LogP contribution < -0.4 is 10.6 Å². The molecule has 1 atom stereocenters. The molecule has 180 valence electrons. The lowest BCUT2D eigenvalue weighted by Crippen LogP contribution is -2.43. The average Bonchev–Trinajstić information content (AvgIpc) is 3.51. The van der Waals surface area contributed by atoms with Crippen molar-refractivity contribution in [2.24, 2.45) is 5.41 Å². The molecule has 1 aliphatic carbocycles. The number of carbonyl (C=O) groups excluding carboxylic acids is 3. The Hall–Kier alpha value is -3.59. The van der Waals surface area contributed by atoms with E-state index in [0.29, 0.717) is 24.3 Å². The third-order valence-corrected chi connectivity index (χ3v) is 7.30. The highest BCUT2D eigenvalue weighted by molar-refractivity contribution is 7.09. The minimum absolute atomic E-state index is 0.0356. The van der Waals surface area contributed by atoms with E-state index in [4.69, 9.17) is 0 Å². The van der Waals surface area contributed by atoms with Crippen molar-refractivity contribution in [3.8, 4) is 0 Å². The molecule has 1 unspecified atom stereocenters. The first-order valence-corrected chi connectivity index (χ1v) is 12.4. The third kappa shape index (κ3) is 4.32. The number of thiazole rings is 1. The van der Waals surface area contributed by atoms with Gasteiger partial charge in [0.1, 0.15) is 17.4 Å². The Bertz CT molecular complexity index is 1310. The Labute approximate surface area is 207 Å². The monoisotopic (exact) mass is 489 g/mol. The molecule has 3 amide bonds. The summed E-state index contributed by atoms with van der Waals surface area (Å²) in [7, 11) is 0. The summed E-state index contributed by atoms with van der Waals surface area (Å²) in [6.45, 7) is 5.73. The van der Waals surface area contributed by atoms with Crippen molar-refractivity contribution in [1.29, 1.82) is 0 Å². The molecule has 0 saturated heterocycles. The molecule has 1 aromatic carbocycles. The summed E-state index contributed by atoms with van der Waals surface area (Å²) in [6, 6.07) is 9.56. The molecule has 2 N–H and O–H groups in total. The van der Waals surface area contributed by atoms with Gasteiger partial charge < -0.3 is 15.5 Å². The lowest BCUT2D eigenvalue weighted by atomic mass is 9.79. The van der Waals surface area contributed by atoms with E-state index >= 15 is 0 Å². The summed E-state index contributed by atoms with van der Waals surface area (Å²) in [5.74, 6) is 0.201. The Morgan fingerprint density at radius 2 is 1.94 bits per heavy atom. The van der Waals surface area contributed by atoms with Crippen LogP contribution >= 0.6 is 11.3 Å². The number of hydrogen-bond donors (Lipinski definition) is 2. The first kappa shape index (κ1) is 23.2. The highest BCUT2D eigenvalue weighted by atomic mass is 32.1. The van der Waals surface area contributed by atoms with Crippen molar-refractivity contribution >= 4 is 40.6 Å². The third-order valence-electron chi connectivity index (χ3n) is 6.54. The Morgan fingerprint density at radius 1 is 1.14 bits per heavy atom. The first-order chi connectivity index (χ1) is 16.7. The lowest BCUT2D eigenvalue weighted by molar-refractivity contribution is -0.142. The summed E-state index contributed by atoms with van der Waals surface area (Å²) in [6.07, 6.45) is 4.52. The van der Waals surface area contributed by atoms with E-state index in [-0.39, 0.29) is 30.8 Å². The fourth-order valence-electron chi connectivity index (χ4n) is 4.89. The second-order valence-electron chi connectivity index (χ2n) is 10.2. The van der Waals surface area contributed by atoms with Gasteiger partial charge in [0, 0.05) is 34.4 Å². The lowest BCUT2D eigenvalue weighted by Gasteiger charge is -2.28. The summed E-state index contributed by atoms with van der Waals surface area (Å²) in [5.41, 5.74) is 2.41. The summed E-state index contributed by atoms with van der Waals surface area (Å²) >= 11 is 1.45. The first-order valence-electron chi connectivity index (χ1n) is 11.5. The predicted octanol–water partition coefficient (Wildman–Crippen LogP) is 3.54. The molecule has 8 nitrogen and oxygen atoms in total. The SMILES string of the molecule is CC(C)(C)C(=O)N(CC(=O)Nc1ccc2c(c1)CC1(C2)C(=O)Nc2ncccc21)Cc1nccs1. The smallest absolute Gasteiger partial charge is 0.244 e. The van der Waals surface area contributed by atoms with Gasteiger partial charge in [0.2, 0.25) is 17.7 Å². The second kappa shape index (κ2) is 8.57.